The highest BCUT2D eigenvalue weighted by molar-refractivity contribution is 7.91. The number of hydrogen-bond acceptors (Lipinski definition) is 5. The minimum atomic E-state index is -3.28. The predicted molar refractivity (Wildman–Crippen MR) is 91.0 cm³/mol. The van der Waals surface area contributed by atoms with E-state index in [-0.39, 0.29) is 11.7 Å². The van der Waals surface area contributed by atoms with Crippen LogP contribution in [0.25, 0.3) is 0 Å². The third-order valence-electron chi connectivity index (χ3n) is 4.26. The number of piperazine rings is 1. The average molecular weight is 348 g/mol. The maximum atomic E-state index is 12.3. The van der Waals surface area contributed by atoms with E-state index in [2.05, 4.69) is 0 Å². The molecule has 128 valence electrons. The molecule has 6 nitrogen and oxygen atoms in total. The first-order chi connectivity index (χ1) is 11.5. The van der Waals surface area contributed by atoms with Gasteiger partial charge in [-0.05, 0) is 18.2 Å². The van der Waals surface area contributed by atoms with Crippen molar-refractivity contribution in [2.24, 2.45) is 0 Å². The molecular formula is C17H20N2O4S. The van der Waals surface area contributed by atoms with Crippen LogP contribution in [0.1, 0.15) is 17.3 Å². The molecule has 24 heavy (non-hydrogen) atoms. The van der Waals surface area contributed by atoms with Crippen LogP contribution in [0, 0.1) is 0 Å². The molecule has 7 heteroatoms. The number of para-hydroxylation sites is 1. The lowest BCUT2D eigenvalue weighted by molar-refractivity contribution is 0.0746. The SMILES string of the molecule is CCS(=O)(=O)c1ccccc1N1CCN(C(=O)c2ccoc2)CC1. The molecule has 1 fully saturated rings. The Balaban J connectivity index is 1.75. The highest BCUT2D eigenvalue weighted by Crippen LogP contribution is 2.27. The number of carbonyl (C=O) groups excluding carboxylic acids is 1. The lowest BCUT2D eigenvalue weighted by atomic mass is 10.2. The van der Waals surface area contributed by atoms with Crippen LogP contribution in [0.15, 0.2) is 52.2 Å². The Bertz CT molecular complexity index is 807. The minimum absolute atomic E-state index is 0.0575. The van der Waals surface area contributed by atoms with Crippen molar-refractivity contribution in [1.29, 1.82) is 0 Å². The van der Waals surface area contributed by atoms with E-state index in [9.17, 15) is 13.2 Å². The Hall–Kier alpha value is -2.28. The van der Waals surface area contributed by atoms with Gasteiger partial charge < -0.3 is 14.2 Å². The maximum Gasteiger partial charge on any atom is 0.257 e. The highest BCUT2D eigenvalue weighted by Gasteiger charge is 2.26. The van der Waals surface area contributed by atoms with E-state index >= 15 is 0 Å². The fourth-order valence-corrected chi connectivity index (χ4v) is 3.97. The normalized spacial score (nSPS) is 15.5. The number of amides is 1. The molecule has 0 saturated carbocycles. The Morgan fingerprint density at radius 1 is 1.12 bits per heavy atom. The molecule has 1 amide bonds. The number of carbonyl (C=O) groups is 1. The van der Waals surface area contributed by atoms with Gasteiger partial charge in [0.1, 0.15) is 6.26 Å². The molecule has 0 bridgehead atoms. The molecule has 0 N–H and O–H groups in total. The molecular weight excluding hydrogens is 328 g/mol. The monoisotopic (exact) mass is 348 g/mol. The topological polar surface area (TPSA) is 70.8 Å². The second-order valence-corrected chi connectivity index (χ2v) is 7.91. The largest absolute Gasteiger partial charge is 0.472 e. The van der Waals surface area contributed by atoms with E-state index < -0.39 is 9.84 Å². The molecule has 0 radical (unpaired) electrons. The standard InChI is InChI=1S/C17H20N2O4S/c1-2-24(21,22)16-6-4-3-5-15(16)18-8-10-19(11-9-18)17(20)14-7-12-23-13-14/h3-7,12-13H,2,8-11H2,1H3. The fourth-order valence-electron chi connectivity index (χ4n) is 2.86. The van der Waals surface area contributed by atoms with Crippen LogP contribution in [0.4, 0.5) is 5.69 Å². The summed E-state index contributed by atoms with van der Waals surface area (Å²) in [5.41, 5.74) is 1.26. The molecule has 1 aliphatic rings. The van der Waals surface area contributed by atoms with Crippen LogP contribution < -0.4 is 4.90 Å². The third-order valence-corrected chi connectivity index (χ3v) is 6.03. The second kappa shape index (κ2) is 6.68. The van der Waals surface area contributed by atoms with Crippen LogP contribution >= 0.6 is 0 Å². The van der Waals surface area contributed by atoms with Gasteiger partial charge in [-0.15, -0.1) is 0 Å². The molecule has 2 heterocycles. The average Bonchev–Trinajstić information content (AvgIpc) is 3.16. The zero-order valence-electron chi connectivity index (χ0n) is 13.5. The Labute approximate surface area is 141 Å². The number of sulfone groups is 1. The molecule has 0 spiro atoms. The molecule has 0 unspecified atom stereocenters. The quantitative estimate of drug-likeness (QED) is 0.845. The zero-order chi connectivity index (χ0) is 17.2. The van der Waals surface area contributed by atoms with E-state index in [0.717, 1.165) is 5.69 Å². The van der Waals surface area contributed by atoms with Crippen LogP contribution in [-0.2, 0) is 9.84 Å². The van der Waals surface area contributed by atoms with Gasteiger partial charge in [0, 0.05) is 26.2 Å². The molecule has 0 aliphatic carbocycles. The van der Waals surface area contributed by atoms with E-state index in [0.29, 0.717) is 36.6 Å². The third kappa shape index (κ3) is 3.17. The van der Waals surface area contributed by atoms with Crippen molar-refractivity contribution in [1.82, 2.24) is 4.90 Å². The van der Waals surface area contributed by atoms with Gasteiger partial charge in [-0.1, -0.05) is 19.1 Å². The van der Waals surface area contributed by atoms with E-state index in [4.69, 9.17) is 4.42 Å². The van der Waals surface area contributed by atoms with E-state index in [1.165, 1.54) is 12.5 Å². The summed E-state index contributed by atoms with van der Waals surface area (Å²) < 4.78 is 29.5. The first kappa shape index (κ1) is 16.6. The van der Waals surface area contributed by atoms with Crippen molar-refractivity contribution in [3.05, 3.63) is 48.4 Å². The predicted octanol–water partition coefficient (Wildman–Crippen LogP) is 2.04. The van der Waals surface area contributed by atoms with E-state index in [1.807, 2.05) is 17.0 Å². The Morgan fingerprint density at radius 3 is 2.46 bits per heavy atom. The summed E-state index contributed by atoms with van der Waals surface area (Å²) in [6, 6.07) is 8.71. The second-order valence-electron chi connectivity index (χ2n) is 5.66. The highest BCUT2D eigenvalue weighted by atomic mass is 32.2. The maximum absolute atomic E-state index is 12.3. The van der Waals surface area contributed by atoms with Crippen molar-refractivity contribution < 1.29 is 17.6 Å². The van der Waals surface area contributed by atoms with Crippen molar-refractivity contribution in [2.45, 2.75) is 11.8 Å². The van der Waals surface area contributed by atoms with Gasteiger partial charge in [-0.2, -0.15) is 0 Å². The summed E-state index contributed by atoms with van der Waals surface area (Å²) in [7, 11) is -3.28. The van der Waals surface area contributed by atoms with Crippen LogP contribution in [-0.4, -0.2) is 51.2 Å². The summed E-state index contributed by atoms with van der Waals surface area (Å²) in [5, 5.41) is 0. The molecule has 0 atom stereocenters. The van der Waals surface area contributed by atoms with Crippen LogP contribution in [0.3, 0.4) is 0 Å². The summed E-state index contributed by atoms with van der Waals surface area (Å²) >= 11 is 0. The molecule has 1 aliphatic heterocycles. The Kier molecular flexibility index (Phi) is 4.62. The number of hydrogen-bond donors (Lipinski definition) is 0. The zero-order valence-corrected chi connectivity index (χ0v) is 14.3. The number of furan rings is 1. The van der Waals surface area contributed by atoms with Gasteiger partial charge in [0.25, 0.3) is 5.91 Å². The molecule has 1 saturated heterocycles. The lowest BCUT2D eigenvalue weighted by Gasteiger charge is -2.36. The van der Waals surface area contributed by atoms with Gasteiger partial charge in [-0.25, -0.2) is 8.42 Å². The number of anilines is 1. The van der Waals surface area contributed by atoms with Gasteiger partial charge >= 0.3 is 0 Å². The van der Waals surface area contributed by atoms with Crippen molar-refractivity contribution in [3.63, 3.8) is 0 Å². The molecule has 1 aromatic heterocycles. The lowest BCUT2D eigenvalue weighted by Crippen LogP contribution is -2.49. The summed E-state index contributed by atoms with van der Waals surface area (Å²) in [4.78, 5) is 16.5. The summed E-state index contributed by atoms with van der Waals surface area (Å²) in [5.74, 6) is 0.0148. The van der Waals surface area contributed by atoms with Crippen molar-refractivity contribution in [3.8, 4) is 0 Å². The van der Waals surface area contributed by atoms with Crippen molar-refractivity contribution in [2.75, 3.05) is 36.8 Å². The van der Waals surface area contributed by atoms with E-state index in [1.54, 1.807) is 30.0 Å². The van der Waals surface area contributed by atoms with Gasteiger partial charge in [-0.3, -0.25) is 4.79 Å². The first-order valence-corrected chi connectivity index (χ1v) is 9.56. The molecule has 3 rings (SSSR count). The van der Waals surface area contributed by atoms with Crippen LogP contribution in [0.5, 0.6) is 0 Å². The summed E-state index contributed by atoms with van der Waals surface area (Å²) in [6.07, 6.45) is 2.92. The molecule has 1 aromatic carbocycles. The van der Waals surface area contributed by atoms with Gasteiger partial charge in [0.15, 0.2) is 9.84 Å². The van der Waals surface area contributed by atoms with Gasteiger partial charge in [0.05, 0.1) is 28.2 Å². The van der Waals surface area contributed by atoms with Crippen molar-refractivity contribution >= 4 is 21.4 Å². The number of rotatable bonds is 4. The molecule has 2 aromatic rings. The fraction of sp³-hybridized carbons (Fsp3) is 0.353. The number of benzene rings is 1. The minimum Gasteiger partial charge on any atom is -0.472 e. The summed E-state index contributed by atoms with van der Waals surface area (Å²) in [6.45, 7) is 3.93. The van der Waals surface area contributed by atoms with Crippen LogP contribution in [0.2, 0.25) is 0 Å². The van der Waals surface area contributed by atoms with Gasteiger partial charge in [0.2, 0.25) is 0 Å². The Morgan fingerprint density at radius 2 is 1.83 bits per heavy atom. The number of nitrogens with zero attached hydrogens (tertiary/aromatic N) is 2. The first-order valence-electron chi connectivity index (χ1n) is 7.91. The smallest absolute Gasteiger partial charge is 0.257 e.